The van der Waals surface area contributed by atoms with Gasteiger partial charge in [-0.3, -0.25) is 9.59 Å². The molecule has 37 heavy (non-hydrogen) atoms. The maximum atomic E-state index is 11.6. The summed E-state index contributed by atoms with van der Waals surface area (Å²) >= 11 is 10.2. The van der Waals surface area contributed by atoms with Crippen molar-refractivity contribution < 1.29 is 9.59 Å². The Morgan fingerprint density at radius 1 is 0.649 bits per heavy atom. The molecule has 0 aliphatic rings. The highest BCUT2D eigenvalue weighted by molar-refractivity contribution is 8.19. The fourth-order valence-corrected chi connectivity index (χ4v) is 9.11. The molecular formula is C29H36O2S6. The van der Waals surface area contributed by atoms with Gasteiger partial charge in [-0.25, -0.2) is 0 Å². The number of carbonyl (C=O) groups is 2. The van der Waals surface area contributed by atoms with Crippen LogP contribution in [-0.2, 0) is 16.0 Å². The van der Waals surface area contributed by atoms with Crippen LogP contribution in [0.15, 0.2) is 82.6 Å². The Kier molecular flexibility index (Phi) is 15.7. The molecule has 0 N–H and O–H groups in total. The maximum absolute atomic E-state index is 11.6. The fourth-order valence-electron chi connectivity index (χ4n) is 3.00. The molecular weight excluding hydrogens is 573 g/mol. The van der Waals surface area contributed by atoms with Gasteiger partial charge in [-0.05, 0) is 80.7 Å². The largest absolute Gasteiger partial charge is 0.282 e. The van der Waals surface area contributed by atoms with Gasteiger partial charge in [0.25, 0.3) is 0 Å². The quantitative estimate of drug-likeness (QED) is 0.0807. The van der Waals surface area contributed by atoms with Gasteiger partial charge in [-0.2, -0.15) is 0 Å². The molecule has 0 heterocycles. The van der Waals surface area contributed by atoms with E-state index in [1.54, 1.807) is 13.8 Å². The van der Waals surface area contributed by atoms with Gasteiger partial charge in [-0.15, -0.1) is 47.0 Å². The molecule has 0 amide bonds. The van der Waals surface area contributed by atoms with Gasteiger partial charge in [-0.1, -0.05) is 60.9 Å². The summed E-state index contributed by atoms with van der Waals surface area (Å²) < 4.78 is 0.879. The third-order valence-corrected chi connectivity index (χ3v) is 12.4. The van der Waals surface area contributed by atoms with Crippen molar-refractivity contribution in [2.75, 3.05) is 23.0 Å². The zero-order valence-corrected chi connectivity index (χ0v) is 26.9. The number of benzene rings is 2. The first kappa shape index (κ1) is 32.6. The Hall–Kier alpha value is -0.640. The Morgan fingerprint density at radius 2 is 1.00 bits per heavy atom. The molecule has 0 saturated carbocycles. The topological polar surface area (TPSA) is 34.1 Å². The van der Waals surface area contributed by atoms with E-state index in [0.29, 0.717) is 20.3 Å². The van der Waals surface area contributed by atoms with Gasteiger partial charge in [0.2, 0.25) is 10.2 Å². The van der Waals surface area contributed by atoms with Gasteiger partial charge < -0.3 is 0 Å². The molecule has 200 valence electrons. The van der Waals surface area contributed by atoms with Crippen molar-refractivity contribution in [1.82, 2.24) is 0 Å². The molecule has 0 bridgehead atoms. The summed E-state index contributed by atoms with van der Waals surface area (Å²) in [5, 5.41) is 0.191. The van der Waals surface area contributed by atoms with Crippen molar-refractivity contribution >= 4 is 80.8 Å². The summed E-state index contributed by atoms with van der Waals surface area (Å²) in [5.74, 6) is 3.56. The molecule has 0 saturated heterocycles. The second-order valence-electron chi connectivity index (χ2n) is 8.41. The van der Waals surface area contributed by atoms with Crippen LogP contribution in [0.25, 0.3) is 0 Å². The lowest BCUT2D eigenvalue weighted by Crippen LogP contribution is -1.98. The van der Waals surface area contributed by atoms with Gasteiger partial charge in [0.15, 0.2) is 0 Å². The second-order valence-corrected chi connectivity index (χ2v) is 16.9. The van der Waals surface area contributed by atoms with E-state index in [1.165, 1.54) is 44.4 Å². The fraction of sp³-hybridized carbons (Fsp3) is 0.379. The molecule has 0 aliphatic carbocycles. The molecule has 2 atom stereocenters. The highest BCUT2D eigenvalue weighted by atomic mass is 32.2. The van der Waals surface area contributed by atoms with Crippen LogP contribution >= 0.6 is 70.6 Å². The first-order valence-electron chi connectivity index (χ1n) is 12.0. The number of hydrogen-bond donors (Lipinski definition) is 0. The zero-order chi connectivity index (χ0) is 27.2. The smallest absolute Gasteiger partial charge is 0.214 e. The van der Waals surface area contributed by atoms with Gasteiger partial charge in [0, 0.05) is 32.8 Å². The molecule has 0 fully saturated rings. The van der Waals surface area contributed by atoms with Gasteiger partial charge in [0.05, 0.1) is 9.16 Å². The summed E-state index contributed by atoms with van der Waals surface area (Å²) in [4.78, 5) is 25.8. The summed E-state index contributed by atoms with van der Waals surface area (Å²) in [6.45, 7) is 15.4. The van der Waals surface area contributed by atoms with Crippen LogP contribution in [0, 0.1) is 0 Å². The average molecular weight is 609 g/mol. The van der Waals surface area contributed by atoms with Crippen molar-refractivity contribution in [3.63, 3.8) is 0 Å². The third kappa shape index (κ3) is 13.8. The van der Waals surface area contributed by atoms with Gasteiger partial charge >= 0.3 is 0 Å². The number of thioether (sulfide) groups is 6. The average Bonchev–Trinajstić information content (AvgIpc) is 2.86. The maximum Gasteiger partial charge on any atom is 0.214 e. The van der Waals surface area contributed by atoms with E-state index in [9.17, 15) is 9.59 Å². The van der Waals surface area contributed by atoms with Crippen molar-refractivity contribution in [2.24, 2.45) is 0 Å². The van der Waals surface area contributed by atoms with Crippen molar-refractivity contribution in [3.05, 3.63) is 84.0 Å². The Balaban J connectivity index is 1.71. The van der Waals surface area contributed by atoms with E-state index >= 15 is 0 Å². The highest BCUT2D eigenvalue weighted by Gasteiger charge is 2.09. The summed E-state index contributed by atoms with van der Waals surface area (Å²) in [7, 11) is 0. The molecule has 0 aromatic heterocycles. The number of hydrogen-bond acceptors (Lipinski definition) is 8. The molecule has 2 rings (SSSR count). The van der Waals surface area contributed by atoms with E-state index < -0.39 is 0 Å². The Bertz CT molecular complexity index is 950. The minimum atomic E-state index is 0.0953. The summed E-state index contributed by atoms with van der Waals surface area (Å²) in [6, 6.07) is 17.7. The SMILES string of the molecule is C=C(C)C(=O)SCCSC(C)Sc1ccc(Cc2ccc(SC(C)SCCSC(=O)C(=C)C)cc2)cc1. The van der Waals surface area contributed by atoms with Crippen LogP contribution in [0.4, 0.5) is 0 Å². The predicted molar refractivity (Wildman–Crippen MR) is 176 cm³/mol. The van der Waals surface area contributed by atoms with E-state index in [1.807, 2.05) is 47.0 Å². The standard InChI is InChI=1S/C29H36O2S6/c1-20(2)28(30)34-17-15-32-22(5)36-26-11-7-24(8-12-26)19-25-9-13-27(14-10-25)37-23(6)33-16-18-35-29(31)21(3)4/h7-14,22-23H,1,3,15-19H2,2,4-6H3. The van der Waals surface area contributed by atoms with E-state index in [0.717, 1.165) is 29.4 Å². The number of carbonyl (C=O) groups excluding carboxylic acids is 2. The lowest BCUT2D eigenvalue weighted by molar-refractivity contribution is -0.108. The van der Waals surface area contributed by atoms with Gasteiger partial charge in [0.1, 0.15) is 0 Å². The summed E-state index contributed by atoms with van der Waals surface area (Å²) in [6.07, 6.45) is 0.923. The van der Waals surface area contributed by atoms with Crippen molar-refractivity contribution in [2.45, 2.75) is 53.1 Å². The molecule has 2 aromatic rings. The van der Waals surface area contributed by atoms with Crippen LogP contribution in [0.3, 0.4) is 0 Å². The van der Waals surface area contributed by atoms with Crippen molar-refractivity contribution in [3.8, 4) is 0 Å². The first-order chi connectivity index (χ1) is 17.6. The van der Waals surface area contributed by atoms with E-state index in [2.05, 4.69) is 75.5 Å². The third-order valence-electron chi connectivity index (χ3n) is 4.89. The zero-order valence-electron chi connectivity index (χ0n) is 22.0. The lowest BCUT2D eigenvalue weighted by atomic mass is 10.1. The number of rotatable bonds is 16. The van der Waals surface area contributed by atoms with E-state index in [4.69, 9.17) is 0 Å². The van der Waals surface area contributed by atoms with Crippen LogP contribution in [0.1, 0.15) is 38.8 Å². The highest BCUT2D eigenvalue weighted by Crippen LogP contribution is 2.33. The van der Waals surface area contributed by atoms with E-state index in [-0.39, 0.29) is 10.2 Å². The summed E-state index contributed by atoms with van der Waals surface area (Å²) in [5.41, 5.74) is 3.87. The second kappa shape index (κ2) is 17.9. The predicted octanol–water partition coefficient (Wildman–Crippen LogP) is 9.29. The minimum Gasteiger partial charge on any atom is -0.282 e. The molecule has 2 unspecified atom stereocenters. The van der Waals surface area contributed by atoms with Crippen LogP contribution < -0.4 is 0 Å². The molecule has 8 heteroatoms. The van der Waals surface area contributed by atoms with Crippen LogP contribution in [0.5, 0.6) is 0 Å². The lowest BCUT2D eigenvalue weighted by Gasteiger charge is -2.12. The van der Waals surface area contributed by atoms with Crippen LogP contribution in [0.2, 0.25) is 0 Å². The minimum absolute atomic E-state index is 0.0953. The normalized spacial score (nSPS) is 12.6. The molecule has 0 spiro atoms. The monoisotopic (exact) mass is 608 g/mol. The Labute approximate surface area is 248 Å². The molecule has 0 aliphatic heterocycles. The first-order valence-corrected chi connectivity index (χ1v) is 17.9. The molecule has 2 aromatic carbocycles. The van der Waals surface area contributed by atoms with Crippen LogP contribution in [-0.4, -0.2) is 42.4 Å². The van der Waals surface area contributed by atoms with Crippen molar-refractivity contribution in [1.29, 1.82) is 0 Å². The molecule has 0 radical (unpaired) electrons. The Morgan fingerprint density at radius 3 is 1.32 bits per heavy atom. The molecule has 2 nitrogen and oxygen atoms in total.